The summed E-state index contributed by atoms with van der Waals surface area (Å²) in [5.74, 6) is 0.499. The number of hydrogen-bond acceptors (Lipinski definition) is 5. The third-order valence-electron chi connectivity index (χ3n) is 3.35. The van der Waals surface area contributed by atoms with Crippen LogP contribution in [0.25, 0.3) is 0 Å². The van der Waals surface area contributed by atoms with E-state index in [-0.39, 0.29) is 6.03 Å². The fourth-order valence-electron chi connectivity index (χ4n) is 2.16. The van der Waals surface area contributed by atoms with Gasteiger partial charge in [0.2, 0.25) is 0 Å². The van der Waals surface area contributed by atoms with E-state index in [1.165, 1.54) is 11.3 Å². The Hall–Kier alpha value is -2.74. The molecule has 0 aliphatic heterocycles. The highest BCUT2D eigenvalue weighted by Gasteiger charge is 2.11. The highest BCUT2D eigenvalue weighted by molar-refractivity contribution is 7.16. The van der Waals surface area contributed by atoms with Gasteiger partial charge in [-0.15, -0.1) is 11.3 Å². The van der Waals surface area contributed by atoms with Gasteiger partial charge in [-0.25, -0.2) is 9.78 Å². The maximum absolute atomic E-state index is 12.1. The second-order valence-corrected chi connectivity index (χ2v) is 6.29. The Morgan fingerprint density at radius 1 is 1.25 bits per heavy atom. The molecule has 0 fully saturated rings. The second kappa shape index (κ2) is 7.22. The number of aromatic nitrogens is 4. The summed E-state index contributed by atoms with van der Waals surface area (Å²) in [5.41, 5.74) is 1.92. The summed E-state index contributed by atoms with van der Waals surface area (Å²) in [6.07, 6.45) is 6.16. The van der Waals surface area contributed by atoms with Gasteiger partial charge in [-0.3, -0.25) is 20.3 Å². The lowest BCUT2D eigenvalue weighted by molar-refractivity contribution is 0.262. The van der Waals surface area contributed by atoms with E-state index in [2.05, 4.69) is 25.7 Å². The smallest absolute Gasteiger partial charge is 0.297 e. The highest BCUT2D eigenvalue weighted by Crippen LogP contribution is 2.24. The van der Waals surface area contributed by atoms with E-state index in [0.717, 1.165) is 27.7 Å². The third-order valence-corrected chi connectivity index (χ3v) is 4.56. The lowest BCUT2D eigenvalue weighted by Gasteiger charge is -2.04. The van der Waals surface area contributed by atoms with E-state index >= 15 is 0 Å². The minimum atomic E-state index is -0.321. The molecule has 3 aromatic heterocycles. The molecule has 3 rings (SSSR count). The van der Waals surface area contributed by atoms with Crippen LogP contribution in [-0.4, -0.2) is 25.8 Å². The molecule has 3 heterocycles. The number of urea groups is 1. The molecule has 0 aliphatic rings. The number of aryl methyl sites for hydroxylation is 2. The summed E-state index contributed by atoms with van der Waals surface area (Å²) in [6.45, 7) is 4.55. The van der Waals surface area contributed by atoms with Gasteiger partial charge in [0.25, 0.3) is 0 Å². The predicted octanol–water partition coefficient (Wildman–Crippen LogP) is 3.30. The number of nitrogens with one attached hydrogen (secondary N) is 2. The van der Waals surface area contributed by atoms with Crippen LogP contribution in [-0.2, 0) is 13.0 Å². The monoisotopic (exact) mass is 342 g/mol. The van der Waals surface area contributed by atoms with Crippen molar-refractivity contribution in [2.45, 2.75) is 26.8 Å². The zero-order valence-corrected chi connectivity index (χ0v) is 14.3. The van der Waals surface area contributed by atoms with Crippen LogP contribution in [0.1, 0.15) is 23.2 Å². The van der Waals surface area contributed by atoms with Crippen molar-refractivity contribution in [3.63, 3.8) is 0 Å². The number of hydrogen-bond donors (Lipinski definition) is 2. The maximum atomic E-state index is 12.1. The summed E-state index contributed by atoms with van der Waals surface area (Å²) < 4.78 is 1.76. The predicted molar refractivity (Wildman–Crippen MR) is 94.4 cm³/mol. The Kier molecular flexibility index (Phi) is 4.85. The second-order valence-electron chi connectivity index (χ2n) is 5.21. The molecular weight excluding hydrogens is 324 g/mol. The summed E-state index contributed by atoms with van der Waals surface area (Å²) in [4.78, 5) is 20.5. The van der Waals surface area contributed by atoms with Gasteiger partial charge < -0.3 is 0 Å². The van der Waals surface area contributed by atoms with Crippen LogP contribution in [0, 0.1) is 6.92 Å². The van der Waals surface area contributed by atoms with E-state index in [1.807, 2.05) is 32.2 Å². The minimum Gasteiger partial charge on any atom is -0.297 e. The first kappa shape index (κ1) is 16.1. The molecule has 3 aromatic rings. The Bertz CT molecular complexity index is 826. The van der Waals surface area contributed by atoms with Crippen molar-refractivity contribution in [3.8, 4) is 0 Å². The topological polar surface area (TPSA) is 84.7 Å². The van der Waals surface area contributed by atoms with Gasteiger partial charge in [0.1, 0.15) is 5.00 Å². The van der Waals surface area contributed by atoms with Crippen molar-refractivity contribution in [1.29, 1.82) is 0 Å². The molecule has 0 saturated carbocycles. The lowest BCUT2D eigenvalue weighted by atomic mass is 10.3. The van der Waals surface area contributed by atoms with Crippen molar-refractivity contribution in [2.75, 3.05) is 10.6 Å². The van der Waals surface area contributed by atoms with E-state index in [4.69, 9.17) is 0 Å². The molecule has 7 nitrogen and oxygen atoms in total. The zero-order chi connectivity index (χ0) is 16.9. The Morgan fingerprint density at radius 3 is 2.75 bits per heavy atom. The molecule has 0 aliphatic carbocycles. The van der Waals surface area contributed by atoms with Gasteiger partial charge in [-0.05, 0) is 31.0 Å². The molecule has 0 bridgehead atoms. The average molecular weight is 342 g/mol. The molecule has 2 N–H and O–H groups in total. The van der Waals surface area contributed by atoms with Crippen LogP contribution < -0.4 is 10.6 Å². The minimum absolute atomic E-state index is 0.321. The summed E-state index contributed by atoms with van der Waals surface area (Å²) in [5, 5.41) is 11.7. The summed E-state index contributed by atoms with van der Waals surface area (Å²) in [6, 6.07) is 5.30. The molecule has 0 aromatic carbocycles. The van der Waals surface area contributed by atoms with Gasteiger partial charge in [0.05, 0.1) is 17.2 Å². The van der Waals surface area contributed by atoms with E-state index < -0.39 is 0 Å². The SMILES string of the molecule is CCc1nc(C)c(NC(=O)Nc2ccn(Cc3ccncc3)n2)s1. The number of rotatable bonds is 5. The number of carbonyl (C=O) groups is 1. The quantitative estimate of drug-likeness (QED) is 0.745. The first-order chi connectivity index (χ1) is 11.6. The number of nitrogens with zero attached hydrogens (tertiary/aromatic N) is 4. The van der Waals surface area contributed by atoms with Gasteiger partial charge >= 0.3 is 6.03 Å². The molecule has 8 heteroatoms. The van der Waals surface area contributed by atoms with Crippen molar-refractivity contribution in [1.82, 2.24) is 19.7 Å². The molecule has 0 atom stereocenters. The molecule has 2 amide bonds. The Balaban J connectivity index is 1.59. The van der Waals surface area contributed by atoms with E-state index in [1.54, 1.807) is 23.1 Å². The standard InChI is InChI=1S/C16H18N6OS/c1-3-14-18-11(2)15(24-14)20-16(23)19-13-6-9-22(21-13)10-12-4-7-17-8-5-12/h4-9H,3,10H2,1-2H3,(H2,19,20,21,23). The number of carbonyl (C=O) groups excluding carboxylic acids is 1. The molecule has 124 valence electrons. The van der Waals surface area contributed by atoms with Crippen molar-refractivity contribution in [3.05, 3.63) is 53.1 Å². The first-order valence-corrected chi connectivity index (χ1v) is 8.42. The maximum Gasteiger partial charge on any atom is 0.325 e. The largest absolute Gasteiger partial charge is 0.325 e. The summed E-state index contributed by atoms with van der Waals surface area (Å²) >= 11 is 1.49. The first-order valence-electron chi connectivity index (χ1n) is 7.60. The lowest BCUT2D eigenvalue weighted by Crippen LogP contribution is -2.19. The van der Waals surface area contributed by atoms with Crippen LogP contribution in [0.2, 0.25) is 0 Å². The molecular formula is C16H18N6OS. The normalized spacial score (nSPS) is 10.6. The zero-order valence-electron chi connectivity index (χ0n) is 13.5. The van der Waals surface area contributed by atoms with Gasteiger partial charge in [0.15, 0.2) is 5.82 Å². The summed E-state index contributed by atoms with van der Waals surface area (Å²) in [7, 11) is 0. The van der Waals surface area contributed by atoms with Crippen LogP contribution in [0.4, 0.5) is 15.6 Å². The van der Waals surface area contributed by atoms with E-state index in [9.17, 15) is 4.79 Å². The van der Waals surface area contributed by atoms with Gasteiger partial charge in [-0.2, -0.15) is 5.10 Å². The Morgan fingerprint density at radius 2 is 2.04 bits per heavy atom. The Labute approximate surface area is 143 Å². The fraction of sp³-hybridized carbons (Fsp3) is 0.250. The number of amides is 2. The molecule has 0 spiro atoms. The van der Waals surface area contributed by atoms with Crippen LogP contribution in [0.3, 0.4) is 0 Å². The number of thiazole rings is 1. The third kappa shape index (κ3) is 3.96. The highest BCUT2D eigenvalue weighted by atomic mass is 32.1. The molecule has 0 saturated heterocycles. The average Bonchev–Trinajstić information content (AvgIpc) is 3.15. The van der Waals surface area contributed by atoms with Crippen molar-refractivity contribution in [2.24, 2.45) is 0 Å². The molecule has 0 unspecified atom stereocenters. The molecule has 0 radical (unpaired) electrons. The molecule has 24 heavy (non-hydrogen) atoms. The van der Waals surface area contributed by atoms with E-state index in [0.29, 0.717) is 12.4 Å². The van der Waals surface area contributed by atoms with Crippen molar-refractivity contribution >= 4 is 28.2 Å². The van der Waals surface area contributed by atoms with Crippen LogP contribution >= 0.6 is 11.3 Å². The van der Waals surface area contributed by atoms with Gasteiger partial charge in [-0.1, -0.05) is 6.92 Å². The number of pyridine rings is 1. The fourth-order valence-corrected chi connectivity index (χ4v) is 3.06. The van der Waals surface area contributed by atoms with Crippen LogP contribution in [0.15, 0.2) is 36.8 Å². The van der Waals surface area contributed by atoms with Crippen molar-refractivity contribution < 1.29 is 4.79 Å². The van der Waals surface area contributed by atoms with Gasteiger partial charge in [0, 0.05) is 24.7 Å². The number of anilines is 2. The van der Waals surface area contributed by atoms with Crippen LogP contribution in [0.5, 0.6) is 0 Å².